The first-order chi connectivity index (χ1) is 14.6. The van der Waals surface area contributed by atoms with Crippen LogP contribution in [-0.4, -0.2) is 18.0 Å². The summed E-state index contributed by atoms with van der Waals surface area (Å²) < 4.78 is 5.77. The number of amides is 2. The monoisotopic (exact) mass is 421 g/mol. The van der Waals surface area contributed by atoms with Crippen molar-refractivity contribution in [2.45, 2.75) is 12.8 Å². The molecule has 0 saturated carbocycles. The van der Waals surface area contributed by atoms with Crippen molar-refractivity contribution < 1.29 is 14.3 Å². The number of carbonyl (C=O) groups is 2. The van der Waals surface area contributed by atoms with Gasteiger partial charge < -0.3 is 10.1 Å². The zero-order chi connectivity index (χ0) is 21.2. The second-order valence-electron chi connectivity index (χ2n) is 6.34. The number of hydrazone groups is 1. The molecule has 0 atom stereocenters. The van der Waals surface area contributed by atoms with E-state index in [1.807, 2.05) is 54.6 Å². The molecule has 30 heavy (non-hydrogen) atoms. The Kier molecular flexibility index (Phi) is 7.58. The molecule has 3 aromatic rings. The Morgan fingerprint density at radius 1 is 0.867 bits per heavy atom. The molecule has 152 valence electrons. The molecule has 0 aliphatic carbocycles. The average molecular weight is 422 g/mol. The maximum absolute atomic E-state index is 11.9. The van der Waals surface area contributed by atoms with Gasteiger partial charge in [0.2, 0.25) is 11.8 Å². The number of nitrogens with one attached hydrogen (secondary N) is 2. The molecular formula is C23H20ClN3O3. The van der Waals surface area contributed by atoms with Gasteiger partial charge in [0.1, 0.15) is 11.5 Å². The van der Waals surface area contributed by atoms with E-state index >= 15 is 0 Å². The third kappa shape index (κ3) is 7.07. The van der Waals surface area contributed by atoms with E-state index in [2.05, 4.69) is 15.8 Å². The Labute approximate surface area is 179 Å². The minimum absolute atomic E-state index is 0.0217. The lowest BCUT2D eigenvalue weighted by molar-refractivity contribution is -0.124. The predicted molar refractivity (Wildman–Crippen MR) is 118 cm³/mol. The molecular weight excluding hydrogens is 402 g/mol. The predicted octanol–water partition coefficient (Wildman–Crippen LogP) is 5.00. The van der Waals surface area contributed by atoms with Crippen molar-refractivity contribution in [2.24, 2.45) is 5.10 Å². The fourth-order valence-corrected chi connectivity index (χ4v) is 2.63. The van der Waals surface area contributed by atoms with Gasteiger partial charge in [-0.15, -0.1) is 0 Å². The number of ether oxygens (including phenoxy) is 1. The molecule has 0 aromatic heterocycles. The summed E-state index contributed by atoms with van der Waals surface area (Å²) in [6.45, 7) is 0. The number of halogens is 1. The van der Waals surface area contributed by atoms with E-state index < -0.39 is 0 Å². The van der Waals surface area contributed by atoms with E-state index in [4.69, 9.17) is 16.3 Å². The van der Waals surface area contributed by atoms with Crippen LogP contribution in [0, 0.1) is 0 Å². The molecule has 7 heteroatoms. The highest BCUT2D eigenvalue weighted by molar-refractivity contribution is 6.30. The van der Waals surface area contributed by atoms with Gasteiger partial charge in [-0.05, 0) is 54.1 Å². The summed E-state index contributed by atoms with van der Waals surface area (Å²) in [7, 11) is 0. The number of nitrogens with zero attached hydrogens (tertiary/aromatic N) is 1. The van der Waals surface area contributed by atoms with Gasteiger partial charge in [0.05, 0.1) is 6.21 Å². The van der Waals surface area contributed by atoms with Crippen LogP contribution in [0.5, 0.6) is 11.5 Å². The van der Waals surface area contributed by atoms with Crippen molar-refractivity contribution in [3.05, 3.63) is 89.4 Å². The first-order valence-corrected chi connectivity index (χ1v) is 9.66. The fraction of sp³-hybridized carbons (Fsp3) is 0.0870. The van der Waals surface area contributed by atoms with E-state index in [0.717, 1.165) is 11.3 Å². The number of hydrogen-bond donors (Lipinski definition) is 2. The number of rotatable bonds is 8. The lowest BCUT2D eigenvalue weighted by Gasteiger charge is -2.06. The van der Waals surface area contributed by atoms with Gasteiger partial charge in [0, 0.05) is 23.6 Å². The maximum Gasteiger partial charge on any atom is 0.240 e. The number of carbonyl (C=O) groups excluding carboxylic acids is 2. The molecule has 2 N–H and O–H groups in total. The Balaban J connectivity index is 1.43. The molecule has 0 heterocycles. The zero-order valence-electron chi connectivity index (χ0n) is 16.0. The van der Waals surface area contributed by atoms with Crippen molar-refractivity contribution in [1.82, 2.24) is 5.43 Å². The van der Waals surface area contributed by atoms with Crippen LogP contribution in [0.3, 0.4) is 0 Å². The van der Waals surface area contributed by atoms with Gasteiger partial charge in [0.15, 0.2) is 0 Å². The van der Waals surface area contributed by atoms with E-state index in [1.54, 1.807) is 24.3 Å². The molecule has 0 saturated heterocycles. The third-order valence-corrected chi connectivity index (χ3v) is 4.20. The standard InChI is InChI=1S/C23H20ClN3O3/c24-18-9-11-19(12-10-18)26-22(28)13-14-23(29)27-25-16-17-5-4-8-21(15-17)30-20-6-2-1-3-7-20/h1-12,15-16H,13-14H2,(H,26,28)(H,27,29)/b25-16+. The molecule has 0 aliphatic rings. The summed E-state index contributed by atoms with van der Waals surface area (Å²) in [6, 6.07) is 23.5. The first-order valence-electron chi connectivity index (χ1n) is 9.29. The van der Waals surface area contributed by atoms with Crippen LogP contribution in [0.25, 0.3) is 0 Å². The Morgan fingerprint density at radius 3 is 2.33 bits per heavy atom. The molecule has 6 nitrogen and oxygen atoms in total. The lowest BCUT2D eigenvalue weighted by atomic mass is 10.2. The Hall–Kier alpha value is -3.64. The number of hydrogen-bond acceptors (Lipinski definition) is 4. The highest BCUT2D eigenvalue weighted by atomic mass is 35.5. The van der Waals surface area contributed by atoms with Crippen molar-refractivity contribution in [1.29, 1.82) is 0 Å². The molecule has 0 unspecified atom stereocenters. The zero-order valence-corrected chi connectivity index (χ0v) is 16.8. The van der Waals surface area contributed by atoms with Crippen LogP contribution >= 0.6 is 11.6 Å². The summed E-state index contributed by atoms with van der Waals surface area (Å²) in [6.07, 6.45) is 1.59. The van der Waals surface area contributed by atoms with Crippen LogP contribution in [0.4, 0.5) is 5.69 Å². The van der Waals surface area contributed by atoms with Gasteiger partial charge in [0.25, 0.3) is 0 Å². The number of para-hydroxylation sites is 1. The minimum Gasteiger partial charge on any atom is -0.457 e. The molecule has 3 aromatic carbocycles. The molecule has 0 aliphatic heterocycles. The van der Waals surface area contributed by atoms with Crippen LogP contribution in [0.15, 0.2) is 84.0 Å². The molecule has 2 amide bonds. The van der Waals surface area contributed by atoms with Gasteiger partial charge in [-0.25, -0.2) is 5.43 Å². The third-order valence-electron chi connectivity index (χ3n) is 3.95. The summed E-state index contributed by atoms with van der Waals surface area (Å²) >= 11 is 5.80. The summed E-state index contributed by atoms with van der Waals surface area (Å²) in [5, 5.41) is 7.22. The molecule has 0 bridgehead atoms. The topological polar surface area (TPSA) is 79.8 Å². The summed E-state index contributed by atoms with van der Waals surface area (Å²) in [5.74, 6) is 0.781. The highest BCUT2D eigenvalue weighted by Crippen LogP contribution is 2.21. The first kappa shape index (κ1) is 21.1. The number of benzene rings is 3. The van der Waals surface area contributed by atoms with Crippen molar-refractivity contribution in [3.63, 3.8) is 0 Å². The lowest BCUT2D eigenvalue weighted by Crippen LogP contribution is -2.20. The van der Waals surface area contributed by atoms with Gasteiger partial charge in [-0.1, -0.05) is 41.9 Å². The summed E-state index contributed by atoms with van der Waals surface area (Å²) in [5.41, 5.74) is 3.81. The fourth-order valence-electron chi connectivity index (χ4n) is 2.50. The second kappa shape index (κ2) is 10.8. The van der Waals surface area contributed by atoms with Crippen LogP contribution in [-0.2, 0) is 9.59 Å². The molecule has 0 spiro atoms. The van der Waals surface area contributed by atoms with Gasteiger partial charge >= 0.3 is 0 Å². The van der Waals surface area contributed by atoms with Crippen molar-refractivity contribution in [3.8, 4) is 11.5 Å². The van der Waals surface area contributed by atoms with Crippen LogP contribution in [0.1, 0.15) is 18.4 Å². The van der Waals surface area contributed by atoms with E-state index in [-0.39, 0.29) is 24.7 Å². The average Bonchev–Trinajstić information content (AvgIpc) is 2.75. The summed E-state index contributed by atoms with van der Waals surface area (Å²) in [4.78, 5) is 23.8. The Morgan fingerprint density at radius 2 is 1.57 bits per heavy atom. The van der Waals surface area contributed by atoms with Crippen LogP contribution in [0.2, 0.25) is 5.02 Å². The largest absolute Gasteiger partial charge is 0.457 e. The molecule has 0 radical (unpaired) electrons. The van der Waals surface area contributed by atoms with E-state index in [0.29, 0.717) is 16.5 Å². The minimum atomic E-state index is -0.353. The van der Waals surface area contributed by atoms with Crippen LogP contribution < -0.4 is 15.5 Å². The SMILES string of the molecule is O=C(CCC(=O)Nc1ccc(Cl)cc1)N/N=C/c1cccc(Oc2ccccc2)c1. The van der Waals surface area contributed by atoms with Crippen molar-refractivity contribution in [2.75, 3.05) is 5.32 Å². The Bertz CT molecular complexity index is 1020. The highest BCUT2D eigenvalue weighted by Gasteiger charge is 2.07. The normalized spacial score (nSPS) is 10.6. The van der Waals surface area contributed by atoms with E-state index in [1.165, 1.54) is 6.21 Å². The van der Waals surface area contributed by atoms with Gasteiger partial charge in [-0.2, -0.15) is 5.10 Å². The van der Waals surface area contributed by atoms with Crippen molar-refractivity contribution >= 4 is 35.3 Å². The maximum atomic E-state index is 11.9. The quantitative estimate of drug-likeness (QED) is 0.396. The van der Waals surface area contributed by atoms with Gasteiger partial charge in [-0.3, -0.25) is 9.59 Å². The molecule has 3 rings (SSSR count). The number of anilines is 1. The van der Waals surface area contributed by atoms with E-state index in [9.17, 15) is 9.59 Å². The smallest absolute Gasteiger partial charge is 0.240 e. The molecule has 0 fully saturated rings. The second-order valence-corrected chi connectivity index (χ2v) is 6.77.